The largest absolute Gasteiger partial charge is 0.472 e. The van der Waals surface area contributed by atoms with E-state index < -0.39 is 97.5 Å². The topological polar surface area (TPSA) is 237 Å². The Labute approximate surface area is 575 Å². The van der Waals surface area contributed by atoms with Crippen molar-refractivity contribution in [2.75, 3.05) is 39.6 Å². The summed E-state index contributed by atoms with van der Waals surface area (Å²) in [6, 6.07) is 0. The number of unbranched alkanes of at least 4 members (excludes halogenated alkanes) is 44. The Balaban J connectivity index is 5.25. The van der Waals surface area contributed by atoms with Crippen molar-refractivity contribution in [1.29, 1.82) is 0 Å². The molecule has 17 nitrogen and oxygen atoms in total. The van der Waals surface area contributed by atoms with Crippen LogP contribution in [0.1, 0.15) is 388 Å². The number of aliphatic hydroxyl groups is 1. The smallest absolute Gasteiger partial charge is 0.462 e. The van der Waals surface area contributed by atoms with E-state index in [0.717, 1.165) is 102 Å². The van der Waals surface area contributed by atoms with Gasteiger partial charge in [-0.05, 0) is 37.5 Å². The maximum absolute atomic E-state index is 13.1. The summed E-state index contributed by atoms with van der Waals surface area (Å²) in [7, 11) is -9.91. The van der Waals surface area contributed by atoms with Gasteiger partial charge in [-0.15, -0.1) is 0 Å². The summed E-state index contributed by atoms with van der Waals surface area (Å²) in [6.45, 7) is 9.55. The molecule has 0 amide bonds. The van der Waals surface area contributed by atoms with Gasteiger partial charge in [0.2, 0.25) is 0 Å². The molecule has 0 bridgehead atoms. The van der Waals surface area contributed by atoms with E-state index in [4.69, 9.17) is 37.0 Å². The van der Waals surface area contributed by atoms with Crippen LogP contribution in [0.3, 0.4) is 0 Å². The molecular formula is C75H146O17P2. The average molecular weight is 1380 g/mol. The van der Waals surface area contributed by atoms with Crippen LogP contribution in [0.4, 0.5) is 0 Å². The highest BCUT2D eigenvalue weighted by Gasteiger charge is 2.30. The number of aliphatic hydroxyl groups excluding tert-OH is 1. The molecular weight excluding hydrogens is 1230 g/mol. The SMILES string of the molecule is CCCCCCCCCCCCCCCCCCC(=O)O[C@H](COC(=O)CCCCCCCCCCCCCC(C)C)COP(=O)(O)OC[C@@H](O)COP(=O)(O)OC[C@@H](COC(=O)CCCCCCCCCC(C)C)OC(=O)CCCCCCCCCCCCCCCC. The fourth-order valence-corrected chi connectivity index (χ4v) is 13.1. The molecule has 0 saturated carbocycles. The van der Waals surface area contributed by atoms with Crippen LogP contribution in [0, 0.1) is 11.8 Å². The molecule has 0 spiro atoms. The number of carbonyl (C=O) groups excluding carboxylic acids is 4. The van der Waals surface area contributed by atoms with Crippen LogP contribution in [0.15, 0.2) is 0 Å². The fraction of sp³-hybridized carbons (Fsp3) is 0.947. The maximum atomic E-state index is 13.1. The number of phosphoric ester groups is 2. The summed E-state index contributed by atoms with van der Waals surface area (Å²) < 4.78 is 68.5. The zero-order chi connectivity index (χ0) is 69.3. The molecule has 3 N–H and O–H groups in total. The lowest BCUT2D eigenvalue weighted by Gasteiger charge is -2.21. The molecule has 0 fully saturated rings. The van der Waals surface area contributed by atoms with Gasteiger partial charge in [-0.3, -0.25) is 37.3 Å². The van der Waals surface area contributed by atoms with E-state index in [9.17, 15) is 43.2 Å². The van der Waals surface area contributed by atoms with E-state index in [-0.39, 0.29) is 25.7 Å². The Morgan fingerprint density at radius 1 is 0.287 bits per heavy atom. The number of ether oxygens (including phenoxy) is 4. The Bertz CT molecular complexity index is 1820. The third-order valence-electron chi connectivity index (χ3n) is 17.5. The fourth-order valence-electron chi connectivity index (χ4n) is 11.5. The van der Waals surface area contributed by atoms with Crippen LogP contribution in [-0.4, -0.2) is 96.7 Å². The molecule has 0 aromatic heterocycles. The molecule has 94 heavy (non-hydrogen) atoms. The van der Waals surface area contributed by atoms with E-state index in [1.54, 1.807) is 0 Å². The third kappa shape index (κ3) is 68.6. The maximum Gasteiger partial charge on any atom is 0.472 e. The van der Waals surface area contributed by atoms with Crippen LogP contribution < -0.4 is 0 Å². The molecule has 0 rings (SSSR count). The molecule has 19 heteroatoms. The molecule has 0 heterocycles. The normalized spacial score (nSPS) is 14.0. The molecule has 0 aliphatic heterocycles. The summed E-state index contributed by atoms with van der Waals surface area (Å²) in [4.78, 5) is 72.8. The summed E-state index contributed by atoms with van der Waals surface area (Å²) in [6.07, 6.45) is 54.1. The Morgan fingerprint density at radius 2 is 0.489 bits per heavy atom. The minimum Gasteiger partial charge on any atom is -0.462 e. The van der Waals surface area contributed by atoms with Crippen molar-refractivity contribution in [3.05, 3.63) is 0 Å². The highest BCUT2D eigenvalue weighted by atomic mass is 31.2. The molecule has 558 valence electrons. The second kappa shape index (κ2) is 66.9. The van der Waals surface area contributed by atoms with Gasteiger partial charge in [0.15, 0.2) is 12.2 Å². The van der Waals surface area contributed by atoms with Gasteiger partial charge in [-0.2, -0.15) is 0 Å². The van der Waals surface area contributed by atoms with Gasteiger partial charge in [-0.25, -0.2) is 9.13 Å². The van der Waals surface area contributed by atoms with Gasteiger partial charge in [0.1, 0.15) is 19.3 Å². The van der Waals surface area contributed by atoms with E-state index >= 15 is 0 Å². The summed E-state index contributed by atoms with van der Waals surface area (Å²) >= 11 is 0. The highest BCUT2D eigenvalue weighted by Crippen LogP contribution is 2.45. The summed E-state index contributed by atoms with van der Waals surface area (Å²) in [5, 5.41) is 10.6. The molecule has 0 aliphatic carbocycles. The monoisotopic (exact) mass is 1380 g/mol. The van der Waals surface area contributed by atoms with Crippen molar-refractivity contribution in [3.8, 4) is 0 Å². The number of phosphoric acid groups is 2. The van der Waals surface area contributed by atoms with E-state index in [0.29, 0.717) is 31.6 Å². The summed E-state index contributed by atoms with van der Waals surface area (Å²) in [5.74, 6) is -0.639. The van der Waals surface area contributed by atoms with Crippen LogP contribution in [-0.2, 0) is 65.4 Å². The van der Waals surface area contributed by atoms with Gasteiger partial charge < -0.3 is 33.8 Å². The van der Waals surface area contributed by atoms with Crippen molar-refractivity contribution >= 4 is 39.5 Å². The minimum atomic E-state index is -4.96. The van der Waals surface area contributed by atoms with Crippen molar-refractivity contribution in [3.63, 3.8) is 0 Å². The zero-order valence-corrected chi connectivity index (χ0v) is 63.1. The second-order valence-electron chi connectivity index (χ2n) is 28.0. The second-order valence-corrected chi connectivity index (χ2v) is 30.9. The van der Waals surface area contributed by atoms with Crippen LogP contribution in [0.2, 0.25) is 0 Å². The van der Waals surface area contributed by atoms with Crippen molar-refractivity contribution < 1.29 is 80.2 Å². The first-order valence-electron chi connectivity index (χ1n) is 39.0. The molecule has 0 aromatic rings. The number of carbonyl (C=O) groups is 4. The van der Waals surface area contributed by atoms with E-state index in [1.165, 1.54) is 199 Å². The van der Waals surface area contributed by atoms with Gasteiger partial charge in [0, 0.05) is 25.7 Å². The number of rotatable bonds is 74. The minimum absolute atomic E-state index is 0.107. The van der Waals surface area contributed by atoms with Crippen molar-refractivity contribution in [1.82, 2.24) is 0 Å². The quantitative estimate of drug-likeness (QED) is 0.0222. The molecule has 0 saturated heterocycles. The Kier molecular flexibility index (Phi) is 65.5. The summed E-state index contributed by atoms with van der Waals surface area (Å²) in [5.41, 5.74) is 0. The van der Waals surface area contributed by atoms with Crippen molar-refractivity contribution in [2.24, 2.45) is 11.8 Å². The van der Waals surface area contributed by atoms with Gasteiger partial charge in [0.25, 0.3) is 0 Å². The average Bonchev–Trinajstić information content (AvgIpc) is 1.94. The Hall–Kier alpha value is -1.94. The first-order valence-corrected chi connectivity index (χ1v) is 42.0. The number of hydrogen-bond donors (Lipinski definition) is 3. The van der Waals surface area contributed by atoms with Crippen LogP contribution in [0.25, 0.3) is 0 Å². The lowest BCUT2D eigenvalue weighted by Crippen LogP contribution is -2.30. The van der Waals surface area contributed by atoms with Gasteiger partial charge >= 0.3 is 39.5 Å². The lowest BCUT2D eigenvalue weighted by molar-refractivity contribution is -0.161. The first kappa shape index (κ1) is 92.1. The first-order chi connectivity index (χ1) is 45.4. The van der Waals surface area contributed by atoms with Crippen LogP contribution >= 0.6 is 15.6 Å². The molecule has 5 atom stereocenters. The zero-order valence-electron chi connectivity index (χ0n) is 61.3. The standard InChI is InChI=1S/C75H146O17P2/c1-7-9-11-13-15-17-19-21-23-24-26-30-35-41-48-54-60-74(79)91-70(63-85-72(77)57-51-45-39-33-31-27-28-32-37-43-49-55-67(3)4)65-89-93(81,82)87-61-69(76)62-88-94(83,84)90-66-71(64-86-73(78)58-52-46-42-36-38-44-50-56-68(5)6)92-75(80)59-53-47-40-34-29-25-22-20-18-16-14-12-10-8-2/h67-71,76H,7-66H2,1-6H3,(H,81,82)(H,83,84)/t69-,70-,71-/m1/s1. The molecule has 0 aromatic carbocycles. The van der Waals surface area contributed by atoms with Gasteiger partial charge in [-0.1, -0.05) is 337 Å². The molecule has 2 unspecified atom stereocenters. The number of esters is 4. The van der Waals surface area contributed by atoms with E-state index in [2.05, 4.69) is 41.5 Å². The van der Waals surface area contributed by atoms with E-state index in [1.807, 2.05) is 0 Å². The van der Waals surface area contributed by atoms with Gasteiger partial charge in [0.05, 0.1) is 26.4 Å². The Morgan fingerprint density at radius 3 is 0.723 bits per heavy atom. The van der Waals surface area contributed by atoms with Crippen molar-refractivity contribution in [2.45, 2.75) is 407 Å². The highest BCUT2D eigenvalue weighted by molar-refractivity contribution is 7.47. The predicted molar refractivity (Wildman–Crippen MR) is 381 cm³/mol. The van der Waals surface area contributed by atoms with Crippen LogP contribution in [0.5, 0.6) is 0 Å². The predicted octanol–water partition coefficient (Wildman–Crippen LogP) is 21.9. The third-order valence-corrected chi connectivity index (χ3v) is 19.4. The molecule has 0 aliphatic rings. The lowest BCUT2D eigenvalue weighted by atomic mass is 10.0. The molecule has 0 radical (unpaired) electrons. The number of hydrogen-bond acceptors (Lipinski definition) is 15.